The molecule has 98 valence electrons. The van der Waals surface area contributed by atoms with Crippen molar-refractivity contribution >= 4 is 0 Å². The second-order valence-corrected chi connectivity index (χ2v) is 6.04. The van der Waals surface area contributed by atoms with Crippen LogP contribution in [0.3, 0.4) is 0 Å². The van der Waals surface area contributed by atoms with Gasteiger partial charge >= 0.3 is 0 Å². The van der Waals surface area contributed by atoms with Gasteiger partial charge in [-0.2, -0.15) is 5.10 Å². The fourth-order valence-corrected chi connectivity index (χ4v) is 1.61. The van der Waals surface area contributed by atoms with Gasteiger partial charge in [0.25, 0.3) is 0 Å². The molecule has 0 atom stereocenters. The second-order valence-electron chi connectivity index (χ2n) is 6.04. The molecule has 0 spiro atoms. The maximum Gasteiger partial charge on any atom is 0.140 e. The van der Waals surface area contributed by atoms with Crippen LogP contribution in [0.1, 0.15) is 53.3 Å². The van der Waals surface area contributed by atoms with Crippen molar-refractivity contribution in [1.82, 2.24) is 20.1 Å². The molecule has 0 fully saturated rings. The fraction of sp³-hybridized carbons (Fsp3) is 0.846. The van der Waals surface area contributed by atoms with Crippen molar-refractivity contribution in [3.05, 3.63) is 12.2 Å². The second kappa shape index (κ2) is 6.15. The molecule has 0 aliphatic rings. The first-order valence-electron chi connectivity index (χ1n) is 6.50. The predicted molar refractivity (Wildman–Crippen MR) is 70.7 cm³/mol. The predicted octanol–water partition coefficient (Wildman–Crippen LogP) is 2.60. The molecule has 1 rings (SSSR count). The van der Waals surface area contributed by atoms with E-state index < -0.39 is 0 Å². The summed E-state index contributed by atoms with van der Waals surface area (Å²) < 4.78 is 2.02. The van der Waals surface area contributed by atoms with Gasteiger partial charge in [-0.25, -0.2) is 9.67 Å². The number of rotatable bonds is 6. The molecule has 1 heterocycles. The summed E-state index contributed by atoms with van der Waals surface area (Å²) in [5.41, 5.74) is 0.120. The van der Waals surface area contributed by atoms with Gasteiger partial charge in [-0.3, -0.25) is 0 Å². The van der Waals surface area contributed by atoms with E-state index in [1.807, 2.05) is 4.68 Å². The Bertz CT molecular complexity index is 322. The number of hydrogen-bond acceptors (Lipinski definition) is 3. The van der Waals surface area contributed by atoms with Crippen molar-refractivity contribution in [3.63, 3.8) is 0 Å². The molecule has 4 nitrogen and oxygen atoms in total. The summed E-state index contributed by atoms with van der Waals surface area (Å²) in [4.78, 5) is 4.31. The number of aromatic nitrogens is 3. The number of aryl methyl sites for hydroxylation is 1. The van der Waals surface area contributed by atoms with E-state index in [1.165, 1.54) is 12.8 Å². The molecule has 0 aromatic carbocycles. The largest absolute Gasteiger partial charge is 0.305 e. The molecule has 0 aliphatic carbocycles. The first-order chi connectivity index (χ1) is 7.88. The molecule has 0 saturated heterocycles. The highest BCUT2D eigenvalue weighted by Gasteiger charge is 2.11. The third-order valence-corrected chi connectivity index (χ3v) is 2.62. The lowest BCUT2D eigenvalue weighted by molar-refractivity contribution is 0.402. The monoisotopic (exact) mass is 238 g/mol. The zero-order valence-electron chi connectivity index (χ0n) is 11.8. The van der Waals surface area contributed by atoms with E-state index >= 15 is 0 Å². The van der Waals surface area contributed by atoms with Crippen LogP contribution in [0.15, 0.2) is 6.33 Å². The third kappa shape index (κ3) is 5.82. The average Bonchev–Trinajstić information content (AvgIpc) is 2.61. The van der Waals surface area contributed by atoms with Gasteiger partial charge in [-0.1, -0.05) is 13.8 Å². The van der Waals surface area contributed by atoms with Crippen LogP contribution in [-0.4, -0.2) is 20.3 Å². The van der Waals surface area contributed by atoms with E-state index in [9.17, 15) is 0 Å². The van der Waals surface area contributed by atoms with E-state index in [4.69, 9.17) is 0 Å². The van der Waals surface area contributed by atoms with Gasteiger partial charge in [0.05, 0.1) is 6.54 Å². The molecule has 0 amide bonds. The Balaban J connectivity index is 2.43. The quantitative estimate of drug-likeness (QED) is 0.828. The van der Waals surface area contributed by atoms with Crippen LogP contribution < -0.4 is 5.32 Å². The highest BCUT2D eigenvalue weighted by molar-refractivity contribution is 4.86. The van der Waals surface area contributed by atoms with Crippen molar-refractivity contribution < 1.29 is 0 Å². The van der Waals surface area contributed by atoms with Crippen molar-refractivity contribution in [2.45, 2.75) is 66.1 Å². The molecule has 4 heteroatoms. The third-order valence-electron chi connectivity index (χ3n) is 2.62. The molecule has 1 N–H and O–H groups in total. The van der Waals surface area contributed by atoms with E-state index in [0.29, 0.717) is 0 Å². The maximum absolute atomic E-state index is 4.31. The number of nitrogens with one attached hydrogen (secondary N) is 1. The zero-order chi connectivity index (χ0) is 12.9. The molecular weight excluding hydrogens is 212 g/mol. The smallest absolute Gasteiger partial charge is 0.140 e. The van der Waals surface area contributed by atoms with E-state index in [2.05, 4.69) is 50.0 Å². The Morgan fingerprint density at radius 1 is 1.35 bits per heavy atom. The lowest BCUT2D eigenvalue weighted by atomic mass is 10.1. The molecule has 1 aromatic rings. The molecule has 0 aliphatic heterocycles. The van der Waals surface area contributed by atoms with Crippen molar-refractivity contribution in [2.75, 3.05) is 0 Å². The molecule has 0 unspecified atom stereocenters. The van der Waals surface area contributed by atoms with Crippen LogP contribution in [-0.2, 0) is 13.1 Å². The minimum atomic E-state index is 0.120. The normalized spacial score (nSPS) is 12.4. The SMILES string of the molecule is CC(C)CCCn1ncnc1CNC(C)(C)C. The maximum atomic E-state index is 4.31. The van der Waals surface area contributed by atoms with Gasteiger partial charge < -0.3 is 5.32 Å². The molecule has 17 heavy (non-hydrogen) atoms. The lowest BCUT2D eigenvalue weighted by Gasteiger charge is -2.20. The van der Waals surface area contributed by atoms with Gasteiger partial charge in [-0.15, -0.1) is 0 Å². The van der Waals surface area contributed by atoms with Crippen molar-refractivity contribution in [3.8, 4) is 0 Å². The molecular formula is C13H26N4. The van der Waals surface area contributed by atoms with Gasteiger partial charge in [-0.05, 0) is 39.5 Å². The number of hydrogen-bond donors (Lipinski definition) is 1. The number of nitrogens with zero attached hydrogens (tertiary/aromatic N) is 3. The zero-order valence-corrected chi connectivity index (χ0v) is 11.8. The minimum Gasteiger partial charge on any atom is -0.305 e. The van der Waals surface area contributed by atoms with Gasteiger partial charge in [0, 0.05) is 12.1 Å². The Morgan fingerprint density at radius 2 is 2.06 bits per heavy atom. The van der Waals surface area contributed by atoms with Gasteiger partial charge in [0.1, 0.15) is 12.2 Å². The van der Waals surface area contributed by atoms with Crippen LogP contribution in [0.4, 0.5) is 0 Å². The summed E-state index contributed by atoms with van der Waals surface area (Å²) in [7, 11) is 0. The summed E-state index contributed by atoms with van der Waals surface area (Å²) in [5.74, 6) is 1.79. The highest BCUT2D eigenvalue weighted by Crippen LogP contribution is 2.07. The van der Waals surface area contributed by atoms with E-state index in [1.54, 1.807) is 6.33 Å². The van der Waals surface area contributed by atoms with Crippen LogP contribution in [0.25, 0.3) is 0 Å². The Kier molecular flexibility index (Phi) is 5.12. The molecule has 0 radical (unpaired) electrons. The van der Waals surface area contributed by atoms with E-state index in [-0.39, 0.29) is 5.54 Å². The van der Waals surface area contributed by atoms with E-state index in [0.717, 1.165) is 24.8 Å². The standard InChI is InChI=1S/C13H26N4/c1-11(2)7-6-8-17-12(14-10-16-17)9-15-13(3,4)5/h10-11,15H,6-9H2,1-5H3. The molecule has 1 aromatic heterocycles. The summed E-state index contributed by atoms with van der Waals surface area (Å²) in [6, 6.07) is 0. The fourth-order valence-electron chi connectivity index (χ4n) is 1.61. The van der Waals surface area contributed by atoms with Crippen molar-refractivity contribution in [1.29, 1.82) is 0 Å². The topological polar surface area (TPSA) is 42.7 Å². The van der Waals surface area contributed by atoms with Crippen LogP contribution in [0, 0.1) is 5.92 Å². The summed E-state index contributed by atoms with van der Waals surface area (Å²) in [5, 5.41) is 7.72. The minimum absolute atomic E-state index is 0.120. The first-order valence-corrected chi connectivity index (χ1v) is 6.50. The van der Waals surface area contributed by atoms with Crippen molar-refractivity contribution in [2.24, 2.45) is 5.92 Å². The summed E-state index contributed by atoms with van der Waals surface area (Å²) >= 11 is 0. The van der Waals surface area contributed by atoms with Crippen LogP contribution in [0.5, 0.6) is 0 Å². The first kappa shape index (κ1) is 14.2. The average molecular weight is 238 g/mol. The summed E-state index contributed by atoms with van der Waals surface area (Å²) in [6.07, 6.45) is 4.06. The highest BCUT2D eigenvalue weighted by atomic mass is 15.3. The van der Waals surface area contributed by atoms with Gasteiger partial charge in [0.15, 0.2) is 0 Å². The van der Waals surface area contributed by atoms with Crippen LogP contribution in [0.2, 0.25) is 0 Å². The van der Waals surface area contributed by atoms with Crippen LogP contribution >= 0.6 is 0 Å². The van der Waals surface area contributed by atoms with Gasteiger partial charge in [0.2, 0.25) is 0 Å². The summed E-state index contributed by atoms with van der Waals surface area (Å²) in [6.45, 7) is 12.7. The Labute approximate surface area is 105 Å². The Hall–Kier alpha value is -0.900. The lowest BCUT2D eigenvalue weighted by Crippen LogP contribution is -2.36. The Morgan fingerprint density at radius 3 is 2.65 bits per heavy atom. The molecule has 0 saturated carbocycles. The molecule has 0 bridgehead atoms.